The number of aromatic amines is 1. The average Bonchev–Trinajstić information content (AvgIpc) is 2.41. The molecule has 0 atom stereocenters. The van der Waals surface area contributed by atoms with E-state index < -0.39 is 0 Å². The lowest BCUT2D eigenvalue weighted by Crippen LogP contribution is -2.03. The highest BCUT2D eigenvalue weighted by atomic mass is 35.5. The van der Waals surface area contributed by atoms with Gasteiger partial charge in [0.15, 0.2) is 5.43 Å². The molecule has 1 heterocycles. The molecular weight excluding hydrogens is 281 g/mol. The Morgan fingerprint density at radius 1 is 0.947 bits per heavy atom. The summed E-state index contributed by atoms with van der Waals surface area (Å²) in [6, 6.07) is 14.4. The van der Waals surface area contributed by atoms with Gasteiger partial charge in [-0.15, -0.1) is 0 Å². The number of pyridine rings is 1. The normalized spacial score (nSPS) is 10.8. The van der Waals surface area contributed by atoms with Crippen LogP contribution in [0.5, 0.6) is 0 Å². The van der Waals surface area contributed by atoms with Gasteiger partial charge >= 0.3 is 0 Å². The molecule has 94 valence electrons. The van der Waals surface area contributed by atoms with E-state index in [1.807, 2.05) is 30.3 Å². The Bertz CT molecular complexity index is 809. The van der Waals surface area contributed by atoms with Gasteiger partial charge in [0.2, 0.25) is 0 Å². The van der Waals surface area contributed by atoms with Crippen molar-refractivity contribution in [1.29, 1.82) is 0 Å². The van der Waals surface area contributed by atoms with Gasteiger partial charge in [-0.2, -0.15) is 0 Å². The molecule has 0 amide bonds. The second kappa shape index (κ2) is 4.72. The number of H-pyrrole nitrogens is 1. The first-order valence-electron chi connectivity index (χ1n) is 5.72. The molecular formula is C15H9Cl2NO. The first kappa shape index (κ1) is 12.3. The van der Waals surface area contributed by atoms with Crippen LogP contribution in [0.15, 0.2) is 53.3 Å². The lowest BCUT2D eigenvalue weighted by Gasteiger charge is -2.06. The van der Waals surface area contributed by atoms with Crippen LogP contribution in [-0.2, 0) is 0 Å². The number of fused-ring (bicyclic) bond motifs is 1. The Kier molecular flexibility index (Phi) is 3.05. The first-order valence-corrected chi connectivity index (χ1v) is 6.48. The fourth-order valence-electron chi connectivity index (χ4n) is 2.05. The molecule has 0 radical (unpaired) electrons. The van der Waals surface area contributed by atoms with E-state index in [2.05, 4.69) is 4.98 Å². The van der Waals surface area contributed by atoms with Crippen molar-refractivity contribution in [2.45, 2.75) is 0 Å². The SMILES string of the molecule is O=c1cc(-c2ccccc2)[nH]c2c(Cl)cc(Cl)cc12. The van der Waals surface area contributed by atoms with Crippen molar-refractivity contribution in [1.82, 2.24) is 4.98 Å². The van der Waals surface area contributed by atoms with Gasteiger partial charge in [0, 0.05) is 22.2 Å². The zero-order valence-corrected chi connectivity index (χ0v) is 11.3. The standard InChI is InChI=1S/C15H9Cl2NO/c16-10-6-11-14(19)8-13(9-4-2-1-3-5-9)18-15(11)12(17)7-10/h1-8H,(H,18,19). The third kappa shape index (κ3) is 2.25. The zero-order chi connectivity index (χ0) is 13.4. The van der Waals surface area contributed by atoms with Crippen molar-refractivity contribution in [2.75, 3.05) is 0 Å². The Morgan fingerprint density at radius 2 is 1.68 bits per heavy atom. The number of halogens is 2. The molecule has 0 bridgehead atoms. The summed E-state index contributed by atoms with van der Waals surface area (Å²) in [5.74, 6) is 0. The largest absolute Gasteiger partial charge is 0.353 e. The first-order chi connectivity index (χ1) is 9.15. The van der Waals surface area contributed by atoms with Gasteiger partial charge in [-0.05, 0) is 17.7 Å². The molecule has 19 heavy (non-hydrogen) atoms. The van der Waals surface area contributed by atoms with Gasteiger partial charge in [-0.25, -0.2) is 0 Å². The number of hydrogen-bond acceptors (Lipinski definition) is 1. The van der Waals surface area contributed by atoms with Gasteiger partial charge in [0.05, 0.1) is 10.5 Å². The fourth-order valence-corrected chi connectivity index (χ4v) is 2.59. The molecule has 0 aliphatic heterocycles. The summed E-state index contributed by atoms with van der Waals surface area (Å²) < 4.78 is 0. The number of benzene rings is 2. The Labute approximate surface area is 119 Å². The maximum absolute atomic E-state index is 12.1. The topological polar surface area (TPSA) is 32.9 Å². The zero-order valence-electron chi connectivity index (χ0n) is 9.78. The Morgan fingerprint density at radius 3 is 2.42 bits per heavy atom. The van der Waals surface area contributed by atoms with E-state index in [1.165, 1.54) is 0 Å². The smallest absolute Gasteiger partial charge is 0.190 e. The number of rotatable bonds is 1. The van der Waals surface area contributed by atoms with Crippen LogP contribution in [0.1, 0.15) is 0 Å². The maximum atomic E-state index is 12.1. The minimum absolute atomic E-state index is 0.1000. The lowest BCUT2D eigenvalue weighted by molar-refractivity contribution is 1.38. The van der Waals surface area contributed by atoms with E-state index in [0.717, 1.165) is 11.3 Å². The summed E-state index contributed by atoms with van der Waals surface area (Å²) in [6.07, 6.45) is 0. The molecule has 4 heteroatoms. The van der Waals surface area contributed by atoms with E-state index in [1.54, 1.807) is 18.2 Å². The minimum atomic E-state index is -0.1000. The van der Waals surface area contributed by atoms with Crippen LogP contribution in [0.25, 0.3) is 22.2 Å². The van der Waals surface area contributed by atoms with Crippen LogP contribution in [0.3, 0.4) is 0 Å². The van der Waals surface area contributed by atoms with Gasteiger partial charge in [0.25, 0.3) is 0 Å². The van der Waals surface area contributed by atoms with Crippen LogP contribution >= 0.6 is 23.2 Å². The summed E-state index contributed by atoms with van der Waals surface area (Å²) >= 11 is 12.1. The van der Waals surface area contributed by atoms with Gasteiger partial charge < -0.3 is 4.98 Å². The van der Waals surface area contributed by atoms with E-state index in [4.69, 9.17) is 23.2 Å². The molecule has 3 rings (SSSR count). The fraction of sp³-hybridized carbons (Fsp3) is 0. The lowest BCUT2D eigenvalue weighted by atomic mass is 10.1. The highest BCUT2D eigenvalue weighted by molar-refractivity contribution is 6.38. The van der Waals surface area contributed by atoms with E-state index in [9.17, 15) is 4.79 Å². The highest BCUT2D eigenvalue weighted by Crippen LogP contribution is 2.26. The van der Waals surface area contributed by atoms with Crippen LogP contribution in [-0.4, -0.2) is 4.98 Å². The predicted octanol–water partition coefficient (Wildman–Crippen LogP) is 4.50. The number of nitrogens with one attached hydrogen (secondary N) is 1. The minimum Gasteiger partial charge on any atom is -0.353 e. The van der Waals surface area contributed by atoms with Crippen molar-refractivity contribution >= 4 is 34.1 Å². The van der Waals surface area contributed by atoms with Crippen LogP contribution < -0.4 is 5.43 Å². The van der Waals surface area contributed by atoms with Gasteiger partial charge in [-0.3, -0.25) is 4.79 Å². The van der Waals surface area contributed by atoms with Crippen molar-refractivity contribution in [3.63, 3.8) is 0 Å². The highest BCUT2D eigenvalue weighted by Gasteiger charge is 2.08. The summed E-state index contributed by atoms with van der Waals surface area (Å²) in [6.45, 7) is 0. The molecule has 0 saturated carbocycles. The maximum Gasteiger partial charge on any atom is 0.190 e. The molecule has 0 unspecified atom stereocenters. The average molecular weight is 290 g/mol. The summed E-state index contributed by atoms with van der Waals surface area (Å²) in [5, 5.41) is 1.39. The second-order valence-electron chi connectivity index (χ2n) is 4.22. The third-order valence-corrected chi connectivity index (χ3v) is 3.46. The van der Waals surface area contributed by atoms with Crippen molar-refractivity contribution < 1.29 is 0 Å². The van der Waals surface area contributed by atoms with Crippen molar-refractivity contribution in [3.8, 4) is 11.3 Å². The molecule has 0 fully saturated rings. The van der Waals surface area contributed by atoms with E-state index >= 15 is 0 Å². The number of hydrogen-bond donors (Lipinski definition) is 1. The van der Waals surface area contributed by atoms with Gasteiger partial charge in [-0.1, -0.05) is 53.5 Å². The Hall–Kier alpha value is -1.77. The molecule has 0 aliphatic carbocycles. The van der Waals surface area contributed by atoms with E-state index in [-0.39, 0.29) is 5.43 Å². The molecule has 2 aromatic carbocycles. The molecule has 1 N–H and O–H groups in total. The van der Waals surface area contributed by atoms with Crippen LogP contribution in [0.4, 0.5) is 0 Å². The van der Waals surface area contributed by atoms with Crippen LogP contribution in [0, 0.1) is 0 Å². The molecule has 0 spiro atoms. The number of aromatic nitrogens is 1. The van der Waals surface area contributed by atoms with E-state index in [0.29, 0.717) is 20.9 Å². The Balaban J connectivity index is 2.34. The van der Waals surface area contributed by atoms with Crippen molar-refractivity contribution in [2.24, 2.45) is 0 Å². The van der Waals surface area contributed by atoms with Crippen molar-refractivity contribution in [3.05, 3.63) is 68.8 Å². The predicted molar refractivity (Wildman–Crippen MR) is 80.0 cm³/mol. The third-order valence-electron chi connectivity index (χ3n) is 2.94. The monoisotopic (exact) mass is 289 g/mol. The molecule has 3 aromatic rings. The van der Waals surface area contributed by atoms with Crippen LogP contribution in [0.2, 0.25) is 10.0 Å². The summed E-state index contributed by atoms with van der Waals surface area (Å²) in [4.78, 5) is 15.3. The van der Waals surface area contributed by atoms with Gasteiger partial charge in [0.1, 0.15) is 0 Å². The molecule has 1 aromatic heterocycles. The second-order valence-corrected chi connectivity index (χ2v) is 5.07. The summed E-state index contributed by atoms with van der Waals surface area (Å²) in [5.41, 5.74) is 2.18. The molecule has 0 saturated heterocycles. The summed E-state index contributed by atoms with van der Waals surface area (Å²) in [7, 11) is 0. The molecule has 2 nitrogen and oxygen atoms in total. The quantitative estimate of drug-likeness (QED) is 0.703. The molecule has 0 aliphatic rings.